The van der Waals surface area contributed by atoms with E-state index in [4.69, 9.17) is 5.26 Å². The van der Waals surface area contributed by atoms with E-state index in [2.05, 4.69) is 0 Å². The summed E-state index contributed by atoms with van der Waals surface area (Å²) in [6, 6.07) is 10.9. The first-order valence-corrected chi connectivity index (χ1v) is 6.74. The average Bonchev–Trinajstić information content (AvgIpc) is 2.39. The van der Waals surface area contributed by atoms with E-state index in [1.807, 2.05) is 6.07 Å². The quantitative estimate of drug-likeness (QED) is 0.864. The number of hydrogen-bond donors (Lipinski definition) is 0. The first-order valence-electron chi connectivity index (χ1n) is 5.42. The Balaban J connectivity index is 2.26. The summed E-state index contributed by atoms with van der Waals surface area (Å²) in [6.07, 6.45) is 0. The lowest BCUT2D eigenvalue weighted by molar-refractivity contribution is 0.626. The van der Waals surface area contributed by atoms with E-state index in [1.54, 1.807) is 0 Å². The van der Waals surface area contributed by atoms with Crippen molar-refractivity contribution in [3.8, 4) is 6.07 Å². The second-order valence-corrected chi connectivity index (χ2v) is 5.31. The lowest BCUT2D eigenvalue weighted by Crippen LogP contribution is -1.99. The van der Waals surface area contributed by atoms with Gasteiger partial charge in [-0.1, -0.05) is 0 Å². The molecule has 0 aliphatic carbocycles. The van der Waals surface area contributed by atoms with Gasteiger partial charge in [0.25, 0.3) is 0 Å². The van der Waals surface area contributed by atoms with Crippen LogP contribution >= 0.6 is 0 Å². The fourth-order valence-corrected chi connectivity index (χ4v) is 2.73. The second-order valence-electron chi connectivity index (χ2n) is 3.86. The van der Waals surface area contributed by atoms with Gasteiger partial charge in [-0.3, -0.25) is 4.21 Å². The Kier molecular flexibility index (Phi) is 4.03. The molecule has 0 spiro atoms. The Morgan fingerprint density at radius 2 is 1.68 bits per heavy atom. The fraction of sp³-hybridized carbons (Fsp3) is 0.0714. The molecule has 1 unspecified atom stereocenters. The topological polar surface area (TPSA) is 40.9 Å². The molecule has 1 atom stereocenters. The van der Waals surface area contributed by atoms with Gasteiger partial charge in [-0.05, 0) is 48.0 Å². The molecule has 0 saturated heterocycles. The maximum Gasteiger partial charge on any atom is 0.123 e. The number of nitriles is 1. The van der Waals surface area contributed by atoms with Crippen LogP contribution in [-0.4, -0.2) is 4.21 Å². The molecular weight excluding hydrogens is 268 g/mol. The number of benzene rings is 2. The third kappa shape index (κ3) is 3.24. The van der Waals surface area contributed by atoms with Crippen LogP contribution in [-0.2, 0) is 16.6 Å². The van der Waals surface area contributed by atoms with E-state index >= 15 is 0 Å². The van der Waals surface area contributed by atoms with Crippen LogP contribution in [0.15, 0.2) is 47.4 Å². The van der Waals surface area contributed by atoms with E-state index in [-0.39, 0.29) is 11.3 Å². The zero-order valence-corrected chi connectivity index (χ0v) is 10.6. The first kappa shape index (κ1) is 13.4. The number of hydrogen-bond acceptors (Lipinski definition) is 2. The predicted molar refractivity (Wildman–Crippen MR) is 67.6 cm³/mol. The van der Waals surface area contributed by atoms with Crippen molar-refractivity contribution in [2.24, 2.45) is 0 Å². The molecule has 0 aromatic heterocycles. The van der Waals surface area contributed by atoms with Crippen LogP contribution < -0.4 is 0 Å². The van der Waals surface area contributed by atoms with E-state index in [0.29, 0.717) is 10.5 Å². The van der Waals surface area contributed by atoms with Crippen LogP contribution in [0.4, 0.5) is 8.78 Å². The highest BCUT2D eigenvalue weighted by molar-refractivity contribution is 7.84. The van der Waals surface area contributed by atoms with Crippen molar-refractivity contribution in [2.75, 3.05) is 0 Å². The Labute approximate surface area is 111 Å². The largest absolute Gasteiger partial charge is 0.254 e. The van der Waals surface area contributed by atoms with Crippen LogP contribution in [0.3, 0.4) is 0 Å². The van der Waals surface area contributed by atoms with Gasteiger partial charge in [0.05, 0.1) is 28.2 Å². The molecule has 0 N–H and O–H groups in total. The molecule has 2 aromatic rings. The van der Waals surface area contributed by atoms with Gasteiger partial charge in [0.15, 0.2) is 0 Å². The lowest BCUT2D eigenvalue weighted by Gasteiger charge is -2.05. The summed E-state index contributed by atoms with van der Waals surface area (Å²) in [5.74, 6) is -0.874. The van der Waals surface area contributed by atoms with Gasteiger partial charge in [-0.25, -0.2) is 8.78 Å². The second kappa shape index (κ2) is 5.72. The fourth-order valence-electron chi connectivity index (χ4n) is 1.60. The van der Waals surface area contributed by atoms with Crippen molar-refractivity contribution in [1.82, 2.24) is 0 Å². The van der Waals surface area contributed by atoms with E-state index in [0.717, 1.165) is 0 Å². The van der Waals surface area contributed by atoms with E-state index in [1.165, 1.54) is 42.5 Å². The molecule has 2 rings (SSSR count). The summed E-state index contributed by atoms with van der Waals surface area (Å²) in [6.45, 7) is 0. The zero-order valence-electron chi connectivity index (χ0n) is 9.77. The van der Waals surface area contributed by atoms with Crippen molar-refractivity contribution in [1.29, 1.82) is 5.26 Å². The average molecular weight is 277 g/mol. The predicted octanol–water partition coefficient (Wildman–Crippen LogP) is 3.14. The third-order valence-corrected chi connectivity index (χ3v) is 3.92. The standard InChI is InChI=1S/C14H9F2NOS/c15-12-3-5-14(6-4-12)19(18)9-11-7-13(16)2-1-10(11)8-17/h1-7H,9H2. The van der Waals surface area contributed by atoms with Gasteiger partial charge in [-0.15, -0.1) is 0 Å². The minimum Gasteiger partial charge on any atom is -0.254 e. The molecule has 0 saturated carbocycles. The number of nitrogens with zero attached hydrogens (tertiary/aromatic N) is 1. The zero-order chi connectivity index (χ0) is 13.8. The minimum absolute atomic E-state index is 0.0201. The van der Waals surface area contributed by atoms with Crippen molar-refractivity contribution in [2.45, 2.75) is 10.6 Å². The molecule has 0 aliphatic rings. The Morgan fingerprint density at radius 1 is 1.05 bits per heavy atom. The molecule has 96 valence electrons. The molecule has 2 nitrogen and oxygen atoms in total. The summed E-state index contributed by atoms with van der Waals surface area (Å²) >= 11 is 0. The van der Waals surface area contributed by atoms with Gasteiger partial charge in [0.2, 0.25) is 0 Å². The van der Waals surface area contributed by atoms with E-state index < -0.39 is 22.4 Å². The highest BCUT2D eigenvalue weighted by atomic mass is 32.2. The highest BCUT2D eigenvalue weighted by Crippen LogP contribution is 2.17. The first-order chi connectivity index (χ1) is 9.10. The van der Waals surface area contributed by atoms with Crippen LogP contribution in [0, 0.1) is 23.0 Å². The summed E-state index contributed by atoms with van der Waals surface area (Å²) in [5.41, 5.74) is 0.669. The molecule has 19 heavy (non-hydrogen) atoms. The van der Waals surface area contributed by atoms with Crippen LogP contribution in [0.2, 0.25) is 0 Å². The normalized spacial score (nSPS) is 11.8. The van der Waals surface area contributed by atoms with E-state index in [9.17, 15) is 13.0 Å². The molecule has 5 heteroatoms. The summed E-state index contributed by atoms with van der Waals surface area (Å²) in [5, 5.41) is 8.91. The maximum atomic E-state index is 13.1. The van der Waals surface area contributed by atoms with Crippen molar-refractivity contribution in [3.05, 3.63) is 65.2 Å². The lowest BCUT2D eigenvalue weighted by atomic mass is 10.1. The molecular formula is C14H9F2NOS. The molecule has 0 heterocycles. The van der Waals surface area contributed by atoms with Gasteiger partial charge in [0.1, 0.15) is 11.6 Å². The van der Waals surface area contributed by atoms with Crippen molar-refractivity contribution in [3.63, 3.8) is 0 Å². The van der Waals surface area contributed by atoms with Crippen molar-refractivity contribution >= 4 is 10.8 Å². The molecule has 0 fully saturated rings. The third-order valence-electron chi connectivity index (χ3n) is 2.55. The van der Waals surface area contributed by atoms with Crippen LogP contribution in [0.5, 0.6) is 0 Å². The van der Waals surface area contributed by atoms with Crippen LogP contribution in [0.25, 0.3) is 0 Å². The number of rotatable bonds is 3. The Morgan fingerprint density at radius 3 is 2.32 bits per heavy atom. The maximum absolute atomic E-state index is 13.1. The molecule has 0 bridgehead atoms. The monoisotopic (exact) mass is 277 g/mol. The van der Waals surface area contributed by atoms with Gasteiger partial charge >= 0.3 is 0 Å². The van der Waals surface area contributed by atoms with Gasteiger partial charge in [0, 0.05) is 4.90 Å². The molecule has 0 radical (unpaired) electrons. The number of halogens is 2. The van der Waals surface area contributed by atoms with Gasteiger partial charge < -0.3 is 0 Å². The molecule has 0 aliphatic heterocycles. The Bertz CT molecular complexity index is 662. The minimum atomic E-state index is -1.45. The van der Waals surface area contributed by atoms with Gasteiger partial charge in [-0.2, -0.15) is 5.26 Å². The molecule has 2 aromatic carbocycles. The van der Waals surface area contributed by atoms with Crippen molar-refractivity contribution < 1.29 is 13.0 Å². The van der Waals surface area contributed by atoms with Crippen LogP contribution in [0.1, 0.15) is 11.1 Å². The summed E-state index contributed by atoms with van der Waals surface area (Å²) in [4.78, 5) is 0.439. The Hall–Kier alpha value is -2.06. The smallest absolute Gasteiger partial charge is 0.123 e. The highest BCUT2D eigenvalue weighted by Gasteiger charge is 2.10. The summed E-state index contributed by atoms with van der Waals surface area (Å²) < 4.78 is 37.9. The SMILES string of the molecule is N#Cc1ccc(F)cc1CS(=O)c1ccc(F)cc1. The molecule has 0 amide bonds. The summed E-state index contributed by atoms with van der Waals surface area (Å²) in [7, 11) is -1.45.